The summed E-state index contributed by atoms with van der Waals surface area (Å²) in [5.41, 5.74) is 4.20. The fraction of sp³-hybridized carbons (Fsp3) is 0.238. The van der Waals surface area contributed by atoms with Crippen LogP contribution in [0.15, 0.2) is 41.6 Å². The Balaban J connectivity index is 1.62. The fourth-order valence-electron chi connectivity index (χ4n) is 3.24. The summed E-state index contributed by atoms with van der Waals surface area (Å²) in [6, 6.07) is 11.2. The van der Waals surface area contributed by atoms with Gasteiger partial charge in [-0.2, -0.15) is 0 Å². The van der Waals surface area contributed by atoms with Crippen molar-refractivity contribution in [3.05, 3.63) is 58.2 Å². The number of anilines is 1. The lowest BCUT2D eigenvalue weighted by Crippen LogP contribution is -2.31. The van der Waals surface area contributed by atoms with Crippen molar-refractivity contribution in [1.29, 1.82) is 0 Å². The number of halogens is 1. The number of hydrogen-bond acceptors (Lipinski definition) is 5. The Morgan fingerprint density at radius 3 is 2.61 bits per heavy atom. The summed E-state index contributed by atoms with van der Waals surface area (Å²) in [4.78, 5) is 35.7. The maximum Gasteiger partial charge on any atom is 0.247 e. The van der Waals surface area contributed by atoms with E-state index >= 15 is 0 Å². The molecule has 1 saturated heterocycles. The molecule has 1 fully saturated rings. The average Bonchev–Trinajstić information content (AvgIpc) is 2.90. The Bertz CT molecular complexity index is 1130. The second-order valence-electron chi connectivity index (χ2n) is 6.92. The van der Waals surface area contributed by atoms with Crippen LogP contribution in [0, 0.1) is 20.8 Å². The molecule has 1 aromatic heterocycles. The first kappa shape index (κ1) is 18.9. The molecule has 7 heteroatoms. The molecule has 142 valence electrons. The molecule has 1 atom stereocenters. The lowest BCUT2D eigenvalue weighted by Gasteiger charge is -2.15. The highest BCUT2D eigenvalue weighted by molar-refractivity contribution is 8.00. The van der Waals surface area contributed by atoms with Crippen LogP contribution in [0.3, 0.4) is 0 Å². The number of imide groups is 1. The van der Waals surface area contributed by atoms with Gasteiger partial charge in [0.2, 0.25) is 11.8 Å². The standard InChI is InChI=1S/C21H18ClN3O2S/c1-11-4-7-15-13(3)23-21(24-17(15)8-11)28-18-10-19(26)25(20(18)27)14-6-5-12(2)16(22)9-14/h4-9,18H,10H2,1-3H3. The average molecular weight is 412 g/mol. The number of aromatic nitrogens is 2. The molecule has 0 bridgehead atoms. The predicted octanol–water partition coefficient (Wildman–Crippen LogP) is 4.63. The van der Waals surface area contributed by atoms with Crippen molar-refractivity contribution in [2.24, 2.45) is 0 Å². The SMILES string of the molecule is Cc1ccc2c(C)nc(SC3CC(=O)N(c4ccc(C)c(Cl)c4)C3=O)nc2c1. The highest BCUT2D eigenvalue weighted by atomic mass is 35.5. The van der Waals surface area contributed by atoms with Gasteiger partial charge in [0.05, 0.1) is 11.2 Å². The maximum absolute atomic E-state index is 12.9. The van der Waals surface area contributed by atoms with Gasteiger partial charge in [-0.05, 0) is 50.1 Å². The molecule has 0 saturated carbocycles. The van der Waals surface area contributed by atoms with E-state index in [0.29, 0.717) is 15.9 Å². The minimum atomic E-state index is -0.547. The molecule has 2 heterocycles. The van der Waals surface area contributed by atoms with Crippen LogP contribution in [0.1, 0.15) is 23.2 Å². The Morgan fingerprint density at radius 1 is 1.07 bits per heavy atom. The molecule has 4 rings (SSSR count). The summed E-state index contributed by atoms with van der Waals surface area (Å²) in [6.45, 7) is 5.80. The van der Waals surface area contributed by atoms with E-state index in [1.807, 2.05) is 39.0 Å². The van der Waals surface area contributed by atoms with E-state index in [9.17, 15) is 9.59 Å². The van der Waals surface area contributed by atoms with Crippen molar-refractivity contribution in [1.82, 2.24) is 9.97 Å². The highest BCUT2D eigenvalue weighted by Gasteiger charge is 2.40. The number of carbonyl (C=O) groups is 2. The monoisotopic (exact) mass is 411 g/mol. The molecule has 1 aliphatic heterocycles. The van der Waals surface area contributed by atoms with E-state index in [2.05, 4.69) is 9.97 Å². The highest BCUT2D eigenvalue weighted by Crippen LogP contribution is 2.34. The summed E-state index contributed by atoms with van der Waals surface area (Å²) in [5.74, 6) is -0.503. The lowest BCUT2D eigenvalue weighted by atomic mass is 10.1. The Hall–Kier alpha value is -2.44. The second kappa shape index (κ2) is 7.18. The van der Waals surface area contributed by atoms with Crippen molar-refractivity contribution < 1.29 is 9.59 Å². The zero-order valence-electron chi connectivity index (χ0n) is 15.7. The zero-order valence-corrected chi connectivity index (χ0v) is 17.3. The molecule has 0 N–H and O–H groups in total. The third-order valence-electron chi connectivity index (χ3n) is 4.79. The molecule has 28 heavy (non-hydrogen) atoms. The number of nitrogens with zero attached hydrogens (tertiary/aromatic N) is 3. The fourth-order valence-corrected chi connectivity index (χ4v) is 4.44. The number of fused-ring (bicyclic) bond motifs is 1. The first-order valence-electron chi connectivity index (χ1n) is 8.88. The molecule has 0 aliphatic carbocycles. The smallest absolute Gasteiger partial charge is 0.247 e. The summed E-state index contributed by atoms with van der Waals surface area (Å²) >= 11 is 7.40. The number of thioether (sulfide) groups is 1. The molecule has 1 aliphatic rings. The summed E-state index contributed by atoms with van der Waals surface area (Å²) in [7, 11) is 0. The minimum absolute atomic E-state index is 0.114. The Labute approximate surface area is 172 Å². The lowest BCUT2D eigenvalue weighted by molar-refractivity contribution is -0.121. The molecule has 3 aromatic rings. The van der Waals surface area contributed by atoms with Gasteiger partial charge >= 0.3 is 0 Å². The van der Waals surface area contributed by atoms with Gasteiger partial charge in [0.1, 0.15) is 5.25 Å². The summed E-state index contributed by atoms with van der Waals surface area (Å²) in [5, 5.41) is 1.47. The van der Waals surface area contributed by atoms with Crippen LogP contribution in [0.2, 0.25) is 5.02 Å². The van der Waals surface area contributed by atoms with Crippen molar-refractivity contribution in [2.75, 3.05) is 4.90 Å². The van der Waals surface area contributed by atoms with Gasteiger partial charge in [0.15, 0.2) is 5.16 Å². The number of rotatable bonds is 3. The van der Waals surface area contributed by atoms with Crippen LogP contribution in [0.25, 0.3) is 10.9 Å². The molecule has 0 spiro atoms. The quantitative estimate of drug-likeness (QED) is 0.464. The molecular formula is C21H18ClN3O2S. The van der Waals surface area contributed by atoms with E-state index < -0.39 is 5.25 Å². The third-order valence-corrected chi connectivity index (χ3v) is 6.24. The summed E-state index contributed by atoms with van der Waals surface area (Å²) < 4.78 is 0. The van der Waals surface area contributed by atoms with E-state index in [1.165, 1.54) is 16.7 Å². The van der Waals surface area contributed by atoms with Gasteiger partial charge in [0.25, 0.3) is 0 Å². The normalized spacial score (nSPS) is 17.0. The molecular weight excluding hydrogens is 394 g/mol. The zero-order chi connectivity index (χ0) is 20.0. The van der Waals surface area contributed by atoms with Crippen molar-refractivity contribution in [2.45, 2.75) is 37.6 Å². The Morgan fingerprint density at radius 2 is 1.86 bits per heavy atom. The number of benzene rings is 2. The number of aryl methyl sites for hydroxylation is 3. The largest absolute Gasteiger partial charge is 0.274 e. The predicted molar refractivity (Wildman–Crippen MR) is 112 cm³/mol. The first-order chi connectivity index (χ1) is 13.3. The van der Waals surface area contributed by atoms with Gasteiger partial charge in [0, 0.05) is 22.5 Å². The van der Waals surface area contributed by atoms with E-state index in [1.54, 1.807) is 18.2 Å². The van der Waals surface area contributed by atoms with Gasteiger partial charge in [-0.15, -0.1) is 0 Å². The maximum atomic E-state index is 12.9. The summed E-state index contributed by atoms with van der Waals surface area (Å²) in [6.07, 6.45) is 0.114. The molecule has 0 radical (unpaired) electrons. The van der Waals surface area contributed by atoms with E-state index in [4.69, 9.17) is 11.6 Å². The number of amides is 2. The van der Waals surface area contributed by atoms with Crippen molar-refractivity contribution in [3.8, 4) is 0 Å². The van der Waals surface area contributed by atoms with Crippen LogP contribution in [0.4, 0.5) is 5.69 Å². The molecule has 1 unspecified atom stereocenters. The van der Waals surface area contributed by atoms with Crippen molar-refractivity contribution >= 4 is 51.8 Å². The van der Waals surface area contributed by atoms with Crippen LogP contribution in [-0.2, 0) is 9.59 Å². The van der Waals surface area contributed by atoms with E-state index in [0.717, 1.165) is 27.7 Å². The number of carbonyl (C=O) groups excluding carboxylic acids is 2. The Kier molecular flexibility index (Phi) is 4.85. The van der Waals surface area contributed by atoms with Gasteiger partial charge < -0.3 is 0 Å². The van der Waals surface area contributed by atoms with E-state index in [-0.39, 0.29) is 18.2 Å². The van der Waals surface area contributed by atoms with Crippen LogP contribution in [-0.4, -0.2) is 27.0 Å². The van der Waals surface area contributed by atoms with Gasteiger partial charge in [-0.25, -0.2) is 14.9 Å². The van der Waals surface area contributed by atoms with Crippen LogP contribution < -0.4 is 4.90 Å². The third kappa shape index (κ3) is 3.38. The molecule has 2 aromatic carbocycles. The van der Waals surface area contributed by atoms with Gasteiger partial charge in [-0.3, -0.25) is 9.59 Å². The molecule has 5 nitrogen and oxygen atoms in total. The molecule has 2 amide bonds. The first-order valence-corrected chi connectivity index (χ1v) is 10.1. The minimum Gasteiger partial charge on any atom is -0.274 e. The number of hydrogen-bond donors (Lipinski definition) is 0. The van der Waals surface area contributed by atoms with Crippen LogP contribution in [0.5, 0.6) is 0 Å². The van der Waals surface area contributed by atoms with Crippen molar-refractivity contribution in [3.63, 3.8) is 0 Å². The topological polar surface area (TPSA) is 63.2 Å². The second-order valence-corrected chi connectivity index (χ2v) is 8.50. The van der Waals surface area contributed by atoms with Gasteiger partial charge in [-0.1, -0.05) is 41.6 Å². The van der Waals surface area contributed by atoms with Crippen LogP contribution >= 0.6 is 23.4 Å².